The van der Waals surface area contributed by atoms with Crippen molar-refractivity contribution in [2.75, 3.05) is 27.2 Å². The smallest absolute Gasteiger partial charge is 0.253 e. The van der Waals surface area contributed by atoms with Gasteiger partial charge in [0, 0.05) is 44.3 Å². The Balaban J connectivity index is 0.00000300. The van der Waals surface area contributed by atoms with E-state index in [-0.39, 0.29) is 29.9 Å². The lowest BCUT2D eigenvalue weighted by Crippen LogP contribution is -2.68. The number of halogens is 1. The first-order valence-corrected chi connectivity index (χ1v) is 10.5. The van der Waals surface area contributed by atoms with E-state index in [1.165, 1.54) is 19.3 Å². The molecule has 0 heterocycles. The molecule has 2 unspecified atom stereocenters. The van der Waals surface area contributed by atoms with Gasteiger partial charge in [-0.15, -0.1) is 24.0 Å². The van der Waals surface area contributed by atoms with Gasteiger partial charge in [-0.25, -0.2) is 4.99 Å². The van der Waals surface area contributed by atoms with E-state index in [1.807, 2.05) is 24.3 Å². The molecule has 1 aromatic rings. The highest BCUT2D eigenvalue weighted by molar-refractivity contribution is 14.0. The molecule has 6 nitrogen and oxygen atoms in total. The van der Waals surface area contributed by atoms with Crippen molar-refractivity contribution < 1.29 is 9.53 Å². The van der Waals surface area contributed by atoms with Gasteiger partial charge in [-0.1, -0.05) is 18.6 Å². The van der Waals surface area contributed by atoms with Crippen molar-refractivity contribution in [3.05, 3.63) is 35.4 Å². The Morgan fingerprint density at radius 3 is 2.45 bits per heavy atom. The summed E-state index contributed by atoms with van der Waals surface area (Å²) >= 11 is 0. The van der Waals surface area contributed by atoms with Crippen LogP contribution in [0.3, 0.4) is 0 Å². The third-order valence-electron chi connectivity index (χ3n) is 6.12. The summed E-state index contributed by atoms with van der Waals surface area (Å²) in [6.45, 7) is 6.37. The monoisotopic (exact) mass is 514 g/mol. The van der Waals surface area contributed by atoms with Crippen molar-refractivity contribution in [3.8, 4) is 0 Å². The molecule has 7 heteroatoms. The van der Waals surface area contributed by atoms with Crippen LogP contribution in [0.5, 0.6) is 0 Å². The van der Waals surface area contributed by atoms with Crippen LogP contribution in [0.4, 0.5) is 0 Å². The van der Waals surface area contributed by atoms with Crippen molar-refractivity contribution in [1.82, 2.24) is 15.5 Å². The molecule has 0 radical (unpaired) electrons. The highest BCUT2D eigenvalue weighted by Gasteiger charge is 2.59. The third kappa shape index (κ3) is 5.23. The minimum absolute atomic E-state index is 0. The molecular weight excluding hydrogens is 479 g/mol. The van der Waals surface area contributed by atoms with Gasteiger partial charge >= 0.3 is 0 Å². The van der Waals surface area contributed by atoms with Crippen LogP contribution in [-0.4, -0.2) is 56.2 Å². The highest BCUT2D eigenvalue weighted by atomic mass is 127. The SMILES string of the molecule is CCNC(=NCc1ccc(C(=O)N(C)C)cc1)NC1CC(OCC)C12CCC2.I. The minimum Gasteiger partial charge on any atom is -0.378 e. The zero-order valence-electron chi connectivity index (χ0n) is 18.0. The number of rotatable bonds is 7. The zero-order chi connectivity index (χ0) is 20.1. The Morgan fingerprint density at radius 2 is 1.93 bits per heavy atom. The molecule has 2 fully saturated rings. The maximum atomic E-state index is 12.0. The van der Waals surface area contributed by atoms with Crippen molar-refractivity contribution in [2.45, 2.75) is 58.2 Å². The molecule has 2 atom stereocenters. The second kappa shape index (κ2) is 10.6. The lowest BCUT2D eigenvalue weighted by Gasteiger charge is -2.61. The number of hydrogen-bond donors (Lipinski definition) is 2. The van der Waals surface area contributed by atoms with Gasteiger partial charge in [-0.3, -0.25) is 4.79 Å². The van der Waals surface area contributed by atoms with Gasteiger partial charge in [-0.2, -0.15) is 0 Å². The molecule has 0 bridgehead atoms. The molecule has 1 amide bonds. The van der Waals surface area contributed by atoms with Gasteiger partial charge in [0.15, 0.2) is 5.96 Å². The van der Waals surface area contributed by atoms with Gasteiger partial charge in [0.2, 0.25) is 0 Å². The Bertz CT molecular complexity index is 701. The standard InChI is InChI=1S/C22H34N4O2.HI/c1-5-23-21(25-18-14-19(28-6-2)22(18)12-7-13-22)24-15-16-8-10-17(11-9-16)20(27)26(3)4;/h8-11,18-19H,5-7,12-15H2,1-4H3,(H2,23,24,25);1H. The molecule has 162 valence electrons. The molecule has 3 rings (SSSR count). The first-order chi connectivity index (χ1) is 13.5. The Labute approximate surface area is 191 Å². The molecule has 2 aliphatic carbocycles. The van der Waals surface area contributed by atoms with E-state index in [0.29, 0.717) is 29.7 Å². The van der Waals surface area contributed by atoms with Crippen molar-refractivity contribution >= 4 is 35.8 Å². The van der Waals surface area contributed by atoms with Gasteiger partial charge in [0.25, 0.3) is 5.91 Å². The van der Waals surface area contributed by atoms with E-state index in [9.17, 15) is 4.79 Å². The Hall–Kier alpha value is -1.35. The number of aliphatic imine (C=N–C) groups is 1. The normalized spacial score (nSPS) is 22.1. The van der Waals surface area contributed by atoms with E-state index in [4.69, 9.17) is 9.73 Å². The van der Waals surface area contributed by atoms with Gasteiger partial charge in [-0.05, 0) is 50.8 Å². The molecule has 1 spiro atoms. The van der Waals surface area contributed by atoms with Crippen molar-refractivity contribution in [3.63, 3.8) is 0 Å². The molecular formula is C22H35IN4O2. The van der Waals surface area contributed by atoms with E-state index in [2.05, 4.69) is 24.5 Å². The van der Waals surface area contributed by atoms with Crippen molar-refractivity contribution in [2.24, 2.45) is 10.4 Å². The number of amides is 1. The minimum atomic E-state index is 0. The first-order valence-electron chi connectivity index (χ1n) is 10.5. The quantitative estimate of drug-likeness (QED) is 0.333. The van der Waals surface area contributed by atoms with Crippen LogP contribution in [0, 0.1) is 5.41 Å². The van der Waals surface area contributed by atoms with E-state index >= 15 is 0 Å². The molecule has 0 saturated heterocycles. The number of carbonyl (C=O) groups excluding carboxylic acids is 1. The number of ether oxygens (including phenoxy) is 1. The van der Waals surface area contributed by atoms with Gasteiger partial charge < -0.3 is 20.3 Å². The molecule has 2 saturated carbocycles. The number of benzene rings is 1. The summed E-state index contributed by atoms with van der Waals surface area (Å²) in [7, 11) is 3.53. The fourth-order valence-corrected chi connectivity index (χ4v) is 4.31. The molecule has 2 N–H and O–H groups in total. The summed E-state index contributed by atoms with van der Waals surface area (Å²) in [5.41, 5.74) is 2.10. The number of hydrogen-bond acceptors (Lipinski definition) is 3. The fourth-order valence-electron chi connectivity index (χ4n) is 4.31. The highest BCUT2D eigenvalue weighted by Crippen LogP contribution is 2.57. The predicted octanol–water partition coefficient (Wildman–Crippen LogP) is 3.41. The summed E-state index contributed by atoms with van der Waals surface area (Å²) in [5.74, 6) is 0.881. The molecule has 29 heavy (non-hydrogen) atoms. The van der Waals surface area contributed by atoms with Crippen LogP contribution in [0.15, 0.2) is 29.3 Å². The first kappa shape index (κ1) is 23.9. The van der Waals surface area contributed by atoms with Gasteiger partial charge in [0.1, 0.15) is 0 Å². The van der Waals surface area contributed by atoms with Crippen LogP contribution in [0.2, 0.25) is 0 Å². The lowest BCUT2D eigenvalue weighted by atomic mass is 9.51. The zero-order valence-corrected chi connectivity index (χ0v) is 20.4. The number of guanidine groups is 1. The fraction of sp³-hybridized carbons (Fsp3) is 0.636. The van der Waals surface area contributed by atoms with Gasteiger partial charge in [0.05, 0.1) is 12.6 Å². The number of carbonyl (C=O) groups is 1. The summed E-state index contributed by atoms with van der Waals surface area (Å²) in [5, 5.41) is 7.02. The maximum absolute atomic E-state index is 12.0. The summed E-state index contributed by atoms with van der Waals surface area (Å²) < 4.78 is 5.95. The summed E-state index contributed by atoms with van der Waals surface area (Å²) in [6, 6.07) is 8.14. The second-order valence-electron chi connectivity index (χ2n) is 8.05. The molecule has 0 aromatic heterocycles. The third-order valence-corrected chi connectivity index (χ3v) is 6.12. The molecule has 1 aromatic carbocycles. The summed E-state index contributed by atoms with van der Waals surface area (Å²) in [6.07, 6.45) is 5.24. The van der Waals surface area contributed by atoms with Crippen LogP contribution in [0.25, 0.3) is 0 Å². The lowest BCUT2D eigenvalue weighted by molar-refractivity contribution is -0.168. The van der Waals surface area contributed by atoms with Crippen LogP contribution in [-0.2, 0) is 11.3 Å². The maximum Gasteiger partial charge on any atom is 0.253 e. The van der Waals surface area contributed by atoms with E-state index in [1.54, 1.807) is 19.0 Å². The van der Waals surface area contributed by atoms with Crippen LogP contribution < -0.4 is 10.6 Å². The second-order valence-corrected chi connectivity index (χ2v) is 8.05. The average molecular weight is 514 g/mol. The van der Waals surface area contributed by atoms with Crippen LogP contribution in [0.1, 0.15) is 55.5 Å². The number of nitrogens with zero attached hydrogens (tertiary/aromatic N) is 2. The van der Waals surface area contributed by atoms with E-state index < -0.39 is 0 Å². The summed E-state index contributed by atoms with van der Waals surface area (Å²) in [4.78, 5) is 18.4. The largest absolute Gasteiger partial charge is 0.378 e. The topological polar surface area (TPSA) is 66.0 Å². The molecule has 0 aliphatic heterocycles. The van der Waals surface area contributed by atoms with Crippen LogP contribution >= 0.6 is 24.0 Å². The predicted molar refractivity (Wildman–Crippen MR) is 128 cm³/mol. The van der Waals surface area contributed by atoms with E-state index in [0.717, 1.165) is 31.1 Å². The average Bonchev–Trinajstić information content (AvgIpc) is 2.63. The van der Waals surface area contributed by atoms with Crippen molar-refractivity contribution in [1.29, 1.82) is 0 Å². The Kier molecular flexibility index (Phi) is 8.75. The molecule has 2 aliphatic rings. The number of nitrogens with one attached hydrogen (secondary N) is 2. The Morgan fingerprint density at radius 1 is 1.24 bits per heavy atom.